The third kappa shape index (κ3) is 5.50. The second kappa shape index (κ2) is 8.24. The van der Waals surface area contributed by atoms with Crippen molar-refractivity contribution in [3.05, 3.63) is 65.2 Å². The van der Waals surface area contributed by atoms with E-state index in [4.69, 9.17) is 5.11 Å². The average Bonchev–Trinajstić information content (AvgIpc) is 2.54. The van der Waals surface area contributed by atoms with Crippen molar-refractivity contribution in [3.63, 3.8) is 0 Å². The van der Waals surface area contributed by atoms with Gasteiger partial charge in [0.2, 0.25) is 5.91 Å². The zero-order chi connectivity index (χ0) is 19.3. The fourth-order valence-corrected chi connectivity index (χ4v) is 4.19. The van der Waals surface area contributed by atoms with Crippen LogP contribution in [-0.2, 0) is 31.4 Å². The predicted octanol–water partition coefficient (Wildman–Crippen LogP) is 1.45. The van der Waals surface area contributed by atoms with Crippen LogP contribution in [0.25, 0.3) is 0 Å². The van der Waals surface area contributed by atoms with E-state index < -0.39 is 38.5 Å². The summed E-state index contributed by atoms with van der Waals surface area (Å²) in [5, 5.41) is 8.82. The van der Waals surface area contributed by atoms with Crippen molar-refractivity contribution in [2.45, 2.75) is 17.6 Å². The molecule has 2 rings (SSSR count). The van der Waals surface area contributed by atoms with Crippen LogP contribution in [0.4, 0.5) is 0 Å². The standard InChI is InChI=1S/C17H17NO6S2/c1-12-2-8-15(9-3-12)26(23,24)18-16(19)11-25(22)10-13-4-6-14(7-5-13)17(20)21/h2-9H,10-11H2,1H3,(H,18,19)(H,20,21). The molecule has 0 radical (unpaired) electrons. The Morgan fingerprint density at radius 2 is 1.62 bits per heavy atom. The number of hydrogen-bond acceptors (Lipinski definition) is 5. The van der Waals surface area contributed by atoms with Gasteiger partial charge in [-0.1, -0.05) is 29.8 Å². The van der Waals surface area contributed by atoms with E-state index in [1.54, 1.807) is 19.1 Å². The number of benzene rings is 2. The van der Waals surface area contributed by atoms with Gasteiger partial charge in [0.05, 0.1) is 10.5 Å². The minimum Gasteiger partial charge on any atom is -0.478 e. The Bertz CT molecular complexity index is 934. The molecule has 9 heteroatoms. The van der Waals surface area contributed by atoms with Crippen LogP contribution in [-0.4, -0.2) is 35.4 Å². The van der Waals surface area contributed by atoms with E-state index in [0.29, 0.717) is 5.56 Å². The van der Waals surface area contributed by atoms with Crippen LogP contribution in [0, 0.1) is 6.92 Å². The zero-order valence-corrected chi connectivity index (χ0v) is 15.5. The Hall–Kier alpha value is -2.52. The smallest absolute Gasteiger partial charge is 0.335 e. The fraction of sp³-hybridized carbons (Fsp3) is 0.176. The summed E-state index contributed by atoms with van der Waals surface area (Å²) in [6.45, 7) is 1.81. The van der Waals surface area contributed by atoms with Crippen LogP contribution in [0.2, 0.25) is 0 Å². The van der Waals surface area contributed by atoms with Crippen molar-refractivity contribution in [2.24, 2.45) is 0 Å². The minimum atomic E-state index is -4.01. The maximum atomic E-state index is 12.1. The lowest BCUT2D eigenvalue weighted by atomic mass is 10.1. The summed E-state index contributed by atoms with van der Waals surface area (Å²) in [7, 11) is -5.65. The molecule has 0 heterocycles. The number of aromatic carboxylic acids is 1. The topological polar surface area (TPSA) is 118 Å². The molecule has 0 saturated heterocycles. The number of carboxylic acid groups (broad SMARTS) is 1. The number of carboxylic acids is 1. The lowest BCUT2D eigenvalue weighted by Crippen LogP contribution is -2.34. The third-order valence-electron chi connectivity index (χ3n) is 3.40. The molecule has 2 N–H and O–H groups in total. The Kier molecular flexibility index (Phi) is 6.27. The molecule has 2 aromatic rings. The number of carbonyl (C=O) groups is 2. The first-order chi connectivity index (χ1) is 12.2. The molecule has 26 heavy (non-hydrogen) atoms. The number of rotatable bonds is 7. The van der Waals surface area contributed by atoms with Gasteiger partial charge in [-0.15, -0.1) is 0 Å². The molecule has 2 aromatic carbocycles. The molecule has 0 aliphatic rings. The van der Waals surface area contributed by atoms with Gasteiger partial charge in [-0.25, -0.2) is 17.9 Å². The van der Waals surface area contributed by atoms with Gasteiger partial charge in [-0.2, -0.15) is 0 Å². The summed E-state index contributed by atoms with van der Waals surface area (Å²) < 4.78 is 38.2. The van der Waals surface area contributed by atoms with Gasteiger partial charge in [-0.05, 0) is 36.8 Å². The minimum absolute atomic E-state index is 0.0118. The van der Waals surface area contributed by atoms with Crippen LogP contribution < -0.4 is 4.72 Å². The summed E-state index contributed by atoms with van der Waals surface area (Å²) in [6, 6.07) is 11.7. The first kappa shape index (κ1) is 19.8. The molecule has 0 saturated carbocycles. The highest BCUT2D eigenvalue weighted by Crippen LogP contribution is 2.10. The number of carbonyl (C=O) groups excluding carboxylic acids is 1. The van der Waals surface area contributed by atoms with Gasteiger partial charge in [0, 0.05) is 16.6 Å². The molecule has 0 aliphatic carbocycles. The van der Waals surface area contributed by atoms with E-state index in [1.807, 2.05) is 4.72 Å². The van der Waals surface area contributed by atoms with Crippen LogP contribution in [0.3, 0.4) is 0 Å². The van der Waals surface area contributed by atoms with E-state index in [9.17, 15) is 22.2 Å². The number of aryl methyl sites for hydroxylation is 1. The average molecular weight is 395 g/mol. The van der Waals surface area contributed by atoms with Crippen molar-refractivity contribution in [2.75, 3.05) is 5.75 Å². The van der Waals surface area contributed by atoms with Crippen molar-refractivity contribution >= 4 is 32.7 Å². The van der Waals surface area contributed by atoms with E-state index in [-0.39, 0.29) is 16.2 Å². The first-order valence-corrected chi connectivity index (χ1v) is 10.4. The number of sulfonamides is 1. The third-order valence-corrected chi connectivity index (χ3v) is 6.03. The summed E-state index contributed by atoms with van der Waals surface area (Å²) in [4.78, 5) is 22.6. The molecule has 0 aliphatic heterocycles. The predicted molar refractivity (Wildman–Crippen MR) is 96.6 cm³/mol. The molecular formula is C17H17NO6S2. The zero-order valence-electron chi connectivity index (χ0n) is 13.8. The van der Waals surface area contributed by atoms with E-state index in [0.717, 1.165) is 5.56 Å². The van der Waals surface area contributed by atoms with Gasteiger partial charge >= 0.3 is 5.97 Å². The van der Waals surface area contributed by atoms with Crippen LogP contribution in [0.1, 0.15) is 21.5 Å². The molecule has 1 amide bonds. The van der Waals surface area contributed by atoms with Crippen molar-refractivity contribution in [1.82, 2.24) is 4.72 Å². The number of amides is 1. The second-order valence-corrected chi connectivity index (χ2v) is 8.71. The maximum absolute atomic E-state index is 12.1. The summed E-state index contributed by atoms with van der Waals surface area (Å²) in [6.07, 6.45) is 0. The Morgan fingerprint density at radius 1 is 1.04 bits per heavy atom. The molecule has 0 aromatic heterocycles. The van der Waals surface area contributed by atoms with Crippen molar-refractivity contribution in [3.8, 4) is 0 Å². The summed E-state index contributed by atoms with van der Waals surface area (Å²) >= 11 is 0. The monoisotopic (exact) mass is 395 g/mol. The maximum Gasteiger partial charge on any atom is 0.335 e. The molecule has 0 bridgehead atoms. The fourth-order valence-electron chi connectivity index (χ4n) is 2.08. The number of nitrogens with one attached hydrogen (secondary N) is 1. The van der Waals surface area contributed by atoms with E-state index >= 15 is 0 Å². The Labute approximate surface area is 153 Å². The second-order valence-electron chi connectivity index (χ2n) is 5.57. The van der Waals surface area contributed by atoms with Crippen molar-refractivity contribution < 1.29 is 27.3 Å². The normalized spacial score (nSPS) is 12.3. The summed E-state index contributed by atoms with van der Waals surface area (Å²) in [5.41, 5.74) is 1.56. The Morgan fingerprint density at radius 3 is 2.15 bits per heavy atom. The van der Waals surface area contributed by atoms with Crippen LogP contribution >= 0.6 is 0 Å². The van der Waals surface area contributed by atoms with Gasteiger partial charge < -0.3 is 5.11 Å². The largest absolute Gasteiger partial charge is 0.478 e. The van der Waals surface area contributed by atoms with Crippen LogP contribution in [0.15, 0.2) is 53.4 Å². The van der Waals surface area contributed by atoms with Gasteiger partial charge in [0.1, 0.15) is 5.75 Å². The number of hydrogen-bond donors (Lipinski definition) is 2. The molecule has 7 nitrogen and oxygen atoms in total. The van der Waals surface area contributed by atoms with Gasteiger partial charge in [0.15, 0.2) is 0 Å². The quantitative estimate of drug-likeness (QED) is 0.733. The van der Waals surface area contributed by atoms with Crippen molar-refractivity contribution in [1.29, 1.82) is 0 Å². The van der Waals surface area contributed by atoms with Gasteiger partial charge in [-0.3, -0.25) is 9.00 Å². The highest BCUT2D eigenvalue weighted by Gasteiger charge is 2.19. The SMILES string of the molecule is Cc1ccc(S(=O)(=O)NC(=O)CS(=O)Cc2ccc(C(=O)O)cc2)cc1. The first-order valence-electron chi connectivity index (χ1n) is 7.47. The molecule has 0 spiro atoms. The van der Waals surface area contributed by atoms with E-state index in [1.165, 1.54) is 36.4 Å². The molecule has 0 fully saturated rings. The van der Waals surface area contributed by atoms with Gasteiger partial charge in [0.25, 0.3) is 10.0 Å². The van der Waals surface area contributed by atoms with Crippen LogP contribution in [0.5, 0.6) is 0 Å². The lowest BCUT2D eigenvalue weighted by molar-refractivity contribution is -0.116. The van der Waals surface area contributed by atoms with E-state index in [2.05, 4.69) is 0 Å². The highest BCUT2D eigenvalue weighted by atomic mass is 32.2. The molecular weight excluding hydrogens is 378 g/mol. The molecule has 138 valence electrons. The summed E-state index contributed by atoms with van der Waals surface area (Å²) in [5.74, 6) is -2.41. The molecule has 1 atom stereocenters. The highest BCUT2D eigenvalue weighted by molar-refractivity contribution is 7.90. The molecule has 1 unspecified atom stereocenters. The lowest BCUT2D eigenvalue weighted by Gasteiger charge is -2.07. The Balaban J connectivity index is 1.95.